The first kappa shape index (κ1) is 20.9. The van der Waals surface area contributed by atoms with Gasteiger partial charge in [-0.3, -0.25) is 14.4 Å². The van der Waals surface area contributed by atoms with E-state index in [-0.39, 0.29) is 29.1 Å². The van der Waals surface area contributed by atoms with E-state index in [1.165, 1.54) is 0 Å². The number of hydrogen-bond acceptors (Lipinski definition) is 3. The molecule has 162 valence electrons. The van der Waals surface area contributed by atoms with Crippen molar-refractivity contribution in [3.8, 4) is 0 Å². The zero-order valence-corrected chi connectivity index (χ0v) is 18.4. The minimum absolute atomic E-state index is 0.0550. The van der Waals surface area contributed by atoms with Crippen LogP contribution in [0.15, 0.2) is 30.3 Å². The normalized spacial score (nSPS) is 27.2. The lowest BCUT2D eigenvalue weighted by atomic mass is 9.65. The van der Waals surface area contributed by atoms with E-state index in [0.717, 1.165) is 44.3 Å². The van der Waals surface area contributed by atoms with Crippen molar-refractivity contribution in [3.63, 3.8) is 0 Å². The highest BCUT2D eigenvalue weighted by atomic mass is 16.2. The van der Waals surface area contributed by atoms with Crippen LogP contribution in [0.25, 0.3) is 0 Å². The molecule has 6 heteroatoms. The lowest BCUT2D eigenvalue weighted by molar-refractivity contribution is -0.142. The second-order valence-corrected chi connectivity index (χ2v) is 9.71. The molecule has 1 spiro atoms. The summed E-state index contributed by atoms with van der Waals surface area (Å²) in [6.07, 6.45) is 4.15. The standard InChI is InChI=1S/C24H33N3O3/c1-18(28)27-16-20-23(9-10-24(20,17-27)22(30)25(2)3)11-13-26(14-12-23)21(29)15-19-7-5-4-6-8-19/h4-8,20H,9-17H2,1-3H3/t20-,24+/m0/s1. The lowest BCUT2D eigenvalue weighted by Gasteiger charge is -2.44. The van der Waals surface area contributed by atoms with Crippen LogP contribution in [0.1, 0.15) is 38.2 Å². The van der Waals surface area contributed by atoms with Gasteiger partial charge in [0.1, 0.15) is 0 Å². The fourth-order valence-corrected chi connectivity index (χ4v) is 6.28. The molecule has 2 heterocycles. The Labute approximate surface area is 179 Å². The summed E-state index contributed by atoms with van der Waals surface area (Å²) in [6, 6.07) is 9.89. The minimum atomic E-state index is -0.453. The molecule has 30 heavy (non-hydrogen) atoms. The largest absolute Gasteiger partial charge is 0.348 e. The van der Waals surface area contributed by atoms with Crippen LogP contribution in [-0.4, -0.2) is 72.7 Å². The van der Waals surface area contributed by atoms with Gasteiger partial charge in [-0.1, -0.05) is 30.3 Å². The molecule has 0 N–H and O–H groups in total. The Bertz CT molecular complexity index is 829. The number of carbonyl (C=O) groups excluding carboxylic acids is 3. The molecular formula is C24H33N3O3. The van der Waals surface area contributed by atoms with Crippen LogP contribution in [0, 0.1) is 16.7 Å². The van der Waals surface area contributed by atoms with Crippen LogP contribution in [0.4, 0.5) is 0 Å². The molecule has 0 unspecified atom stereocenters. The molecule has 1 aromatic carbocycles. The van der Waals surface area contributed by atoms with Gasteiger partial charge in [-0.15, -0.1) is 0 Å². The summed E-state index contributed by atoms with van der Waals surface area (Å²) < 4.78 is 0. The fraction of sp³-hybridized carbons (Fsp3) is 0.625. The van der Waals surface area contributed by atoms with Crippen LogP contribution < -0.4 is 0 Å². The second kappa shape index (κ2) is 7.71. The van der Waals surface area contributed by atoms with Gasteiger partial charge in [0.2, 0.25) is 17.7 Å². The van der Waals surface area contributed by atoms with Gasteiger partial charge in [0.05, 0.1) is 11.8 Å². The van der Waals surface area contributed by atoms with Crippen LogP contribution in [0.5, 0.6) is 0 Å². The summed E-state index contributed by atoms with van der Waals surface area (Å²) in [5.74, 6) is 0.591. The van der Waals surface area contributed by atoms with E-state index in [4.69, 9.17) is 0 Å². The summed E-state index contributed by atoms with van der Waals surface area (Å²) in [5.41, 5.74) is 0.650. The maximum atomic E-state index is 13.2. The van der Waals surface area contributed by atoms with Crippen molar-refractivity contribution in [1.82, 2.24) is 14.7 Å². The van der Waals surface area contributed by atoms with Gasteiger partial charge >= 0.3 is 0 Å². The third-order valence-electron chi connectivity index (χ3n) is 7.94. The lowest BCUT2D eigenvalue weighted by Crippen LogP contribution is -2.49. The van der Waals surface area contributed by atoms with Crippen molar-refractivity contribution in [2.24, 2.45) is 16.7 Å². The van der Waals surface area contributed by atoms with Gasteiger partial charge in [-0.25, -0.2) is 0 Å². The molecule has 1 saturated carbocycles. The van der Waals surface area contributed by atoms with Crippen LogP contribution >= 0.6 is 0 Å². The summed E-state index contributed by atoms with van der Waals surface area (Å²) in [6.45, 7) is 4.31. The Morgan fingerprint density at radius 1 is 1.00 bits per heavy atom. The van der Waals surface area contributed by atoms with Crippen LogP contribution in [-0.2, 0) is 20.8 Å². The molecule has 1 aliphatic carbocycles. The van der Waals surface area contributed by atoms with Crippen molar-refractivity contribution in [3.05, 3.63) is 35.9 Å². The average Bonchev–Trinajstić information content (AvgIpc) is 3.26. The number of carbonyl (C=O) groups is 3. The number of hydrogen-bond donors (Lipinski definition) is 0. The predicted octanol–water partition coefficient (Wildman–Crippen LogP) is 2.18. The number of rotatable bonds is 3. The van der Waals surface area contributed by atoms with E-state index in [1.54, 1.807) is 11.8 Å². The molecule has 1 aromatic rings. The van der Waals surface area contributed by atoms with Gasteiger partial charge in [0.15, 0.2) is 0 Å². The second-order valence-electron chi connectivity index (χ2n) is 9.71. The molecule has 3 aliphatic rings. The van der Waals surface area contributed by atoms with Gasteiger partial charge in [-0.05, 0) is 42.6 Å². The molecule has 6 nitrogen and oxygen atoms in total. The minimum Gasteiger partial charge on any atom is -0.348 e. The Morgan fingerprint density at radius 2 is 1.67 bits per heavy atom. The quantitative estimate of drug-likeness (QED) is 0.766. The highest BCUT2D eigenvalue weighted by Crippen LogP contribution is 2.62. The third kappa shape index (κ3) is 3.40. The van der Waals surface area contributed by atoms with Crippen LogP contribution in [0.2, 0.25) is 0 Å². The smallest absolute Gasteiger partial charge is 0.230 e. The number of amides is 3. The van der Waals surface area contributed by atoms with Gasteiger partial charge in [0, 0.05) is 47.2 Å². The van der Waals surface area contributed by atoms with Gasteiger partial charge < -0.3 is 14.7 Å². The number of nitrogens with zero attached hydrogens (tertiary/aromatic N) is 3. The molecular weight excluding hydrogens is 378 g/mol. The predicted molar refractivity (Wildman–Crippen MR) is 114 cm³/mol. The molecule has 0 bridgehead atoms. The maximum absolute atomic E-state index is 13.2. The summed E-state index contributed by atoms with van der Waals surface area (Å²) in [7, 11) is 3.64. The molecule has 2 saturated heterocycles. The van der Waals surface area contributed by atoms with Crippen molar-refractivity contribution in [2.75, 3.05) is 40.3 Å². The van der Waals surface area contributed by atoms with E-state index < -0.39 is 5.41 Å². The number of likely N-dealkylation sites (tertiary alicyclic amines) is 2. The molecule has 2 aliphatic heterocycles. The molecule has 0 radical (unpaired) electrons. The Morgan fingerprint density at radius 3 is 2.27 bits per heavy atom. The summed E-state index contributed by atoms with van der Waals surface area (Å²) >= 11 is 0. The average molecular weight is 412 g/mol. The number of fused-ring (bicyclic) bond motifs is 2. The first-order valence-electron chi connectivity index (χ1n) is 11.1. The topological polar surface area (TPSA) is 60.9 Å². The van der Waals surface area contributed by atoms with Gasteiger partial charge in [-0.2, -0.15) is 0 Å². The Balaban J connectivity index is 1.48. The highest BCUT2D eigenvalue weighted by Gasteiger charge is 2.65. The van der Waals surface area contributed by atoms with Crippen molar-refractivity contribution in [1.29, 1.82) is 0 Å². The van der Waals surface area contributed by atoms with E-state index in [2.05, 4.69) is 0 Å². The molecule has 2 atom stereocenters. The molecule has 3 amide bonds. The number of piperidine rings is 1. The molecule has 0 aromatic heterocycles. The maximum Gasteiger partial charge on any atom is 0.230 e. The number of benzene rings is 1. The SMILES string of the molecule is CC(=O)N1C[C@H]2C3(CCN(C(=O)Cc4ccccc4)CC3)CC[C@@]2(C(=O)N(C)C)C1. The fourth-order valence-electron chi connectivity index (χ4n) is 6.28. The molecule has 4 rings (SSSR count). The highest BCUT2D eigenvalue weighted by molar-refractivity contribution is 5.86. The summed E-state index contributed by atoms with van der Waals surface area (Å²) in [4.78, 5) is 43.8. The molecule has 3 fully saturated rings. The van der Waals surface area contributed by atoms with E-state index in [9.17, 15) is 14.4 Å². The van der Waals surface area contributed by atoms with Crippen molar-refractivity contribution < 1.29 is 14.4 Å². The van der Waals surface area contributed by atoms with Gasteiger partial charge in [0.25, 0.3) is 0 Å². The third-order valence-corrected chi connectivity index (χ3v) is 7.94. The Hall–Kier alpha value is -2.37. The van der Waals surface area contributed by atoms with E-state index in [1.807, 2.05) is 54.2 Å². The Kier molecular flexibility index (Phi) is 5.37. The summed E-state index contributed by atoms with van der Waals surface area (Å²) in [5, 5.41) is 0. The van der Waals surface area contributed by atoms with Crippen LogP contribution in [0.3, 0.4) is 0 Å². The first-order chi connectivity index (χ1) is 14.3. The zero-order chi connectivity index (χ0) is 21.5. The van der Waals surface area contributed by atoms with E-state index in [0.29, 0.717) is 19.5 Å². The van der Waals surface area contributed by atoms with Crippen molar-refractivity contribution >= 4 is 17.7 Å². The monoisotopic (exact) mass is 411 g/mol. The van der Waals surface area contributed by atoms with E-state index >= 15 is 0 Å². The first-order valence-corrected chi connectivity index (χ1v) is 11.1. The zero-order valence-electron chi connectivity index (χ0n) is 18.4. The van der Waals surface area contributed by atoms with Crippen molar-refractivity contribution in [2.45, 2.75) is 39.0 Å².